The summed E-state index contributed by atoms with van der Waals surface area (Å²) in [6, 6.07) is 7.01. The molecule has 8 heteroatoms. The van der Waals surface area contributed by atoms with Gasteiger partial charge in [-0.25, -0.2) is 4.39 Å². The van der Waals surface area contributed by atoms with Gasteiger partial charge in [0.1, 0.15) is 17.6 Å². The van der Waals surface area contributed by atoms with Gasteiger partial charge in [0.2, 0.25) is 11.8 Å². The normalized spacial score (nSPS) is 22.0. The molecule has 1 saturated heterocycles. The largest absolute Gasteiger partial charge is 0.508 e. The minimum atomic E-state index is -1.86. The predicted octanol–water partition coefficient (Wildman–Crippen LogP) is 1.90. The number of carbonyl (C=O) groups is 3. The Labute approximate surface area is 161 Å². The van der Waals surface area contributed by atoms with Crippen LogP contribution in [0.25, 0.3) is 0 Å². The standard InChI is InChI=1S/C20H18FN3O4/c21-15-8-12(25)5-4-11(15)9-22-16-3-1-2-13-14(16)10-24(20(13)28)17-6-7-18(26)23-19(17)27/h1-5,8,17,22,25H,6-7,9-10H2,(H,23,26,27)/t17-/m1/s1/i17D. The first-order chi connectivity index (χ1) is 13.8. The number of phenols is 1. The van der Waals surface area contributed by atoms with Crippen LogP contribution in [0.15, 0.2) is 36.4 Å². The molecule has 0 bridgehead atoms. The Kier molecular flexibility index (Phi) is 4.16. The zero-order valence-electron chi connectivity index (χ0n) is 15.8. The van der Waals surface area contributed by atoms with Crippen molar-refractivity contribution >= 4 is 23.4 Å². The third-order valence-corrected chi connectivity index (χ3v) is 4.90. The molecule has 2 heterocycles. The highest BCUT2D eigenvalue weighted by atomic mass is 19.1. The molecular formula is C20H18FN3O4. The minimum absolute atomic E-state index is 0.0133. The molecule has 144 valence electrons. The predicted molar refractivity (Wildman–Crippen MR) is 97.9 cm³/mol. The molecule has 7 nitrogen and oxygen atoms in total. The summed E-state index contributed by atoms with van der Waals surface area (Å²) in [7, 11) is 0. The van der Waals surface area contributed by atoms with Crippen LogP contribution in [0.4, 0.5) is 10.1 Å². The molecule has 2 aromatic carbocycles. The number of hydrogen-bond donors (Lipinski definition) is 3. The first kappa shape index (κ1) is 16.7. The van der Waals surface area contributed by atoms with Gasteiger partial charge in [-0.05, 0) is 24.6 Å². The number of nitrogens with zero attached hydrogens (tertiary/aromatic N) is 1. The highest BCUT2D eigenvalue weighted by Gasteiger charge is 2.39. The molecular weight excluding hydrogens is 365 g/mol. The van der Waals surface area contributed by atoms with E-state index in [4.69, 9.17) is 1.37 Å². The van der Waals surface area contributed by atoms with E-state index in [9.17, 15) is 23.9 Å². The molecule has 3 amide bonds. The van der Waals surface area contributed by atoms with Gasteiger partial charge in [-0.1, -0.05) is 12.1 Å². The lowest BCUT2D eigenvalue weighted by Gasteiger charge is -2.29. The van der Waals surface area contributed by atoms with Crippen LogP contribution < -0.4 is 10.6 Å². The van der Waals surface area contributed by atoms with Crippen LogP contribution in [0.3, 0.4) is 0 Å². The molecule has 28 heavy (non-hydrogen) atoms. The summed E-state index contributed by atoms with van der Waals surface area (Å²) in [5, 5.41) is 14.5. The Morgan fingerprint density at radius 3 is 2.86 bits per heavy atom. The number of rotatable bonds is 4. The number of carbonyl (C=O) groups excluding carboxylic acids is 3. The van der Waals surface area contributed by atoms with Crippen molar-refractivity contribution in [1.82, 2.24) is 10.2 Å². The Morgan fingerprint density at radius 2 is 2.11 bits per heavy atom. The number of benzene rings is 2. The molecule has 0 unspecified atom stereocenters. The number of phenolic OH excluding ortho intramolecular Hbond substituents is 1. The maximum atomic E-state index is 14.0. The van der Waals surface area contributed by atoms with E-state index in [1.54, 1.807) is 18.2 Å². The topological polar surface area (TPSA) is 98.7 Å². The number of hydrogen-bond acceptors (Lipinski definition) is 5. The van der Waals surface area contributed by atoms with E-state index in [0.29, 0.717) is 22.4 Å². The third kappa shape index (κ3) is 3.17. The molecule has 1 atom stereocenters. The minimum Gasteiger partial charge on any atom is -0.508 e. The summed E-state index contributed by atoms with van der Waals surface area (Å²) in [5.41, 5.74) is 1.89. The van der Waals surface area contributed by atoms with Gasteiger partial charge in [-0.2, -0.15) is 0 Å². The SMILES string of the molecule is [2H][C@@]1(N2Cc3c(NCc4ccc(O)cc4F)cccc3C2=O)CCC(=O)NC1=O. The maximum absolute atomic E-state index is 14.0. The van der Waals surface area contributed by atoms with E-state index in [-0.39, 0.29) is 31.7 Å². The monoisotopic (exact) mass is 384 g/mol. The third-order valence-electron chi connectivity index (χ3n) is 4.90. The average molecular weight is 384 g/mol. The number of nitrogens with one attached hydrogen (secondary N) is 2. The molecule has 2 aliphatic heterocycles. The van der Waals surface area contributed by atoms with Gasteiger partial charge in [-0.3, -0.25) is 19.7 Å². The molecule has 2 aliphatic rings. The van der Waals surface area contributed by atoms with E-state index in [2.05, 4.69) is 10.6 Å². The lowest BCUT2D eigenvalue weighted by Crippen LogP contribution is -2.52. The van der Waals surface area contributed by atoms with Gasteiger partial charge in [0.25, 0.3) is 5.91 Å². The van der Waals surface area contributed by atoms with Crippen LogP contribution in [0.5, 0.6) is 5.75 Å². The molecule has 1 fully saturated rings. The van der Waals surface area contributed by atoms with Crippen LogP contribution in [0.2, 0.25) is 0 Å². The summed E-state index contributed by atoms with van der Waals surface area (Å²) >= 11 is 0. The zero-order valence-corrected chi connectivity index (χ0v) is 14.8. The van der Waals surface area contributed by atoms with E-state index >= 15 is 0 Å². The van der Waals surface area contributed by atoms with E-state index in [1.165, 1.54) is 12.1 Å². The maximum Gasteiger partial charge on any atom is 0.255 e. The van der Waals surface area contributed by atoms with Crippen LogP contribution in [-0.2, 0) is 22.7 Å². The van der Waals surface area contributed by atoms with Crippen LogP contribution in [0.1, 0.15) is 35.7 Å². The average Bonchev–Trinajstić information content (AvgIpc) is 3.02. The lowest BCUT2D eigenvalue weighted by molar-refractivity contribution is -0.136. The number of halogens is 1. The van der Waals surface area contributed by atoms with Crippen molar-refractivity contribution in [3.05, 3.63) is 58.9 Å². The fraction of sp³-hybridized carbons (Fsp3) is 0.250. The number of anilines is 1. The van der Waals surface area contributed by atoms with Crippen molar-refractivity contribution in [2.45, 2.75) is 31.9 Å². The van der Waals surface area contributed by atoms with Crippen molar-refractivity contribution in [3.8, 4) is 5.75 Å². The second-order valence-electron chi connectivity index (χ2n) is 6.68. The van der Waals surface area contributed by atoms with E-state index < -0.39 is 29.6 Å². The molecule has 0 spiro atoms. The van der Waals surface area contributed by atoms with Gasteiger partial charge in [0.15, 0.2) is 0 Å². The second kappa shape index (κ2) is 6.95. The Bertz CT molecular complexity index is 1040. The zero-order chi connectivity index (χ0) is 20.8. The summed E-state index contributed by atoms with van der Waals surface area (Å²) in [6.07, 6.45) is -0.0839. The van der Waals surface area contributed by atoms with Crippen molar-refractivity contribution in [2.24, 2.45) is 0 Å². The van der Waals surface area contributed by atoms with Crippen molar-refractivity contribution in [1.29, 1.82) is 0 Å². The van der Waals surface area contributed by atoms with Crippen LogP contribution >= 0.6 is 0 Å². The van der Waals surface area contributed by atoms with Gasteiger partial charge >= 0.3 is 0 Å². The Hall–Kier alpha value is -3.42. The number of fused-ring (bicyclic) bond motifs is 1. The first-order valence-electron chi connectivity index (χ1n) is 9.29. The van der Waals surface area contributed by atoms with Gasteiger partial charge in [0.05, 0.1) is 1.37 Å². The van der Waals surface area contributed by atoms with Gasteiger partial charge < -0.3 is 15.3 Å². The van der Waals surface area contributed by atoms with Crippen molar-refractivity contribution in [2.75, 3.05) is 5.32 Å². The van der Waals surface area contributed by atoms with E-state index in [0.717, 1.165) is 11.0 Å². The number of piperidine rings is 1. The van der Waals surface area contributed by atoms with Crippen molar-refractivity contribution < 1.29 is 25.3 Å². The first-order valence-corrected chi connectivity index (χ1v) is 8.79. The highest BCUT2D eigenvalue weighted by molar-refractivity contribution is 6.06. The van der Waals surface area contributed by atoms with Crippen LogP contribution in [0, 0.1) is 5.82 Å². The molecule has 0 radical (unpaired) electrons. The number of aromatic hydroxyl groups is 1. The van der Waals surface area contributed by atoms with Gasteiger partial charge in [0, 0.05) is 48.0 Å². The Balaban J connectivity index is 1.58. The second-order valence-corrected chi connectivity index (χ2v) is 6.68. The van der Waals surface area contributed by atoms with E-state index in [1.807, 2.05) is 0 Å². The molecule has 4 rings (SSSR count). The Morgan fingerprint density at radius 1 is 1.29 bits per heavy atom. The van der Waals surface area contributed by atoms with Crippen LogP contribution in [-0.4, -0.2) is 33.7 Å². The van der Waals surface area contributed by atoms with Crippen molar-refractivity contribution in [3.63, 3.8) is 0 Å². The lowest BCUT2D eigenvalue weighted by atomic mass is 10.0. The fourth-order valence-corrected chi connectivity index (χ4v) is 3.45. The fourth-order valence-electron chi connectivity index (χ4n) is 3.45. The van der Waals surface area contributed by atoms with Gasteiger partial charge in [-0.15, -0.1) is 0 Å². The summed E-state index contributed by atoms with van der Waals surface area (Å²) < 4.78 is 22.5. The number of imide groups is 1. The molecule has 0 aromatic heterocycles. The highest BCUT2D eigenvalue weighted by Crippen LogP contribution is 2.32. The molecule has 0 aliphatic carbocycles. The molecule has 0 saturated carbocycles. The molecule has 3 N–H and O–H groups in total. The summed E-state index contributed by atoms with van der Waals surface area (Å²) in [5.74, 6) is -2.45. The number of amides is 3. The quantitative estimate of drug-likeness (QED) is 0.700. The summed E-state index contributed by atoms with van der Waals surface area (Å²) in [4.78, 5) is 37.7. The smallest absolute Gasteiger partial charge is 0.255 e. The summed E-state index contributed by atoms with van der Waals surface area (Å²) in [6.45, 7) is 0.151. The molecule has 2 aromatic rings.